The van der Waals surface area contributed by atoms with Gasteiger partial charge in [0.25, 0.3) is 0 Å². The van der Waals surface area contributed by atoms with Gasteiger partial charge >= 0.3 is 6.18 Å². The lowest BCUT2D eigenvalue weighted by Crippen LogP contribution is -2.22. The number of carbonyl (C=O) groups is 1. The molecule has 0 heterocycles. The summed E-state index contributed by atoms with van der Waals surface area (Å²) in [6.45, 7) is 0. The highest BCUT2D eigenvalue weighted by molar-refractivity contribution is 5.92. The monoisotopic (exact) mass is 255 g/mol. The van der Waals surface area contributed by atoms with Crippen molar-refractivity contribution in [3.05, 3.63) is 41.5 Å². The number of rotatable bonds is 3. The van der Waals surface area contributed by atoms with Crippen LogP contribution in [0.5, 0.6) is 0 Å². The highest BCUT2D eigenvalue weighted by atomic mass is 19.4. The van der Waals surface area contributed by atoms with Crippen LogP contribution in [0.4, 0.5) is 13.2 Å². The van der Waals surface area contributed by atoms with E-state index in [0.717, 1.165) is 25.0 Å². The Bertz CT molecular complexity index is 475. The molecule has 1 saturated carbocycles. The third-order valence-corrected chi connectivity index (χ3v) is 2.56. The van der Waals surface area contributed by atoms with E-state index in [1.165, 1.54) is 24.3 Å². The molecule has 0 radical (unpaired) electrons. The summed E-state index contributed by atoms with van der Waals surface area (Å²) in [5.41, 5.74) is -0.358. The number of amides is 1. The van der Waals surface area contributed by atoms with Crippen LogP contribution in [0.15, 0.2) is 30.3 Å². The van der Waals surface area contributed by atoms with Gasteiger partial charge in [-0.1, -0.05) is 12.1 Å². The fourth-order valence-electron chi connectivity index (χ4n) is 1.47. The minimum Gasteiger partial charge on any atom is -0.350 e. The summed E-state index contributed by atoms with van der Waals surface area (Å²) < 4.78 is 37.3. The van der Waals surface area contributed by atoms with Crippen LogP contribution in [-0.4, -0.2) is 11.9 Å². The lowest BCUT2D eigenvalue weighted by Gasteiger charge is -2.06. The van der Waals surface area contributed by atoms with Crippen molar-refractivity contribution >= 4 is 12.0 Å². The molecule has 0 spiro atoms. The molecule has 0 aliphatic heterocycles. The molecule has 0 aromatic heterocycles. The number of benzene rings is 1. The molecule has 1 aliphatic rings. The van der Waals surface area contributed by atoms with Crippen molar-refractivity contribution in [3.63, 3.8) is 0 Å². The summed E-state index contributed by atoms with van der Waals surface area (Å²) in [5.74, 6) is -0.269. The number of hydrogen-bond acceptors (Lipinski definition) is 1. The Morgan fingerprint density at radius 1 is 1.33 bits per heavy atom. The topological polar surface area (TPSA) is 29.1 Å². The summed E-state index contributed by atoms with van der Waals surface area (Å²) in [6, 6.07) is 5.10. The Balaban J connectivity index is 2.04. The second kappa shape index (κ2) is 4.84. The molecule has 1 aromatic rings. The van der Waals surface area contributed by atoms with Gasteiger partial charge in [0.15, 0.2) is 0 Å². The molecule has 5 heteroatoms. The van der Waals surface area contributed by atoms with Gasteiger partial charge in [-0.05, 0) is 36.6 Å². The quantitative estimate of drug-likeness (QED) is 0.826. The minimum atomic E-state index is -4.36. The van der Waals surface area contributed by atoms with Gasteiger partial charge < -0.3 is 5.32 Å². The van der Waals surface area contributed by atoms with Crippen molar-refractivity contribution in [2.75, 3.05) is 0 Å². The Kier molecular flexibility index (Phi) is 3.41. The van der Waals surface area contributed by atoms with E-state index in [1.807, 2.05) is 0 Å². The Labute approximate surface area is 102 Å². The number of carbonyl (C=O) groups excluding carboxylic acids is 1. The van der Waals surface area contributed by atoms with Crippen molar-refractivity contribution < 1.29 is 18.0 Å². The normalized spacial score (nSPS) is 15.9. The first-order valence-electron chi connectivity index (χ1n) is 5.61. The standard InChI is InChI=1S/C13H12F3NO/c14-13(15,16)10-3-1-2-9(8-10)4-7-12(18)17-11-5-6-11/h1-4,7-8,11H,5-6H2,(H,17,18). The Hall–Kier alpha value is -1.78. The second-order valence-corrected chi connectivity index (χ2v) is 4.24. The molecule has 1 N–H and O–H groups in total. The highest BCUT2D eigenvalue weighted by Gasteiger charge is 2.30. The SMILES string of the molecule is O=C(C=Cc1cccc(C(F)(F)F)c1)NC1CC1. The van der Waals surface area contributed by atoms with Crippen LogP contribution >= 0.6 is 0 Å². The fourth-order valence-corrected chi connectivity index (χ4v) is 1.47. The van der Waals surface area contributed by atoms with Gasteiger partial charge in [-0.2, -0.15) is 13.2 Å². The zero-order valence-corrected chi connectivity index (χ0v) is 9.50. The number of nitrogens with one attached hydrogen (secondary N) is 1. The molecular formula is C13H12F3NO. The third-order valence-electron chi connectivity index (χ3n) is 2.56. The molecule has 0 unspecified atom stereocenters. The van der Waals surface area contributed by atoms with Crippen LogP contribution in [0, 0.1) is 0 Å². The van der Waals surface area contributed by atoms with Crippen molar-refractivity contribution in [1.82, 2.24) is 5.32 Å². The molecule has 1 fully saturated rings. The number of hydrogen-bond donors (Lipinski definition) is 1. The molecule has 0 saturated heterocycles. The van der Waals surface area contributed by atoms with Gasteiger partial charge in [0.2, 0.25) is 5.91 Å². The third kappa shape index (κ3) is 3.61. The molecule has 0 bridgehead atoms. The van der Waals surface area contributed by atoms with Crippen LogP contribution in [0.25, 0.3) is 6.08 Å². The van der Waals surface area contributed by atoms with Crippen molar-refractivity contribution in [2.24, 2.45) is 0 Å². The van der Waals surface area contributed by atoms with Gasteiger partial charge in [0.05, 0.1) is 5.56 Å². The summed E-state index contributed by atoms with van der Waals surface area (Å²) in [5, 5.41) is 2.72. The molecule has 1 aromatic carbocycles. The van der Waals surface area contributed by atoms with Crippen molar-refractivity contribution in [1.29, 1.82) is 0 Å². The van der Waals surface area contributed by atoms with E-state index >= 15 is 0 Å². The maximum atomic E-state index is 12.4. The van der Waals surface area contributed by atoms with Gasteiger partial charge in [-0.25, -0.2) is 0 Å². The predicted molar refractivity (Wildman–Crippen MR) is 61.6 cm³/mol. The average molecular weight is 255 g/mol. The maximum Gasteiger partial charge on any atom is 0.416 e. The van der Waals surface area contributed by atoms with Crippen LogP contribution < -0.4 is 5.32 Å². The number of halogens is 3. The first-order valence-corrected chi connectivity index (χ1v) is 5.61. The van der Waals surface area contributed by atoms with Gasteiger partial charge in [-0.3, -0.25) is 4.79 Å². The van der Waals surface area contributed by atoms with E-state index in [1.54, 1.807) is 0 Å². The summed E-state index contributed by atoms with van der Waals surface area (Å²) in [6.07, 6.45) is 0.229. The van der Waals surface area contributed by atoms with Gasteiger partial charge in [-0.15, -0.1) is 0 Å². The molecule has 0 atom stereocenters. The zero-order chi connectivity index (χ0) is 13.2. The summed E-state index contributed by atoms with van der Waals surface area (Å²) >= 11 is 0. The molecular weight excluding hydrogens is 243 g/mol. The van der Waals surface area contributed by atoms with Crippen LogP contribution in [0.1, 0.15) is 24.0 Å². The van der Waals surface area contributed by atoms with E-state index < -0.39 is 11.7 Å². The largest absolute Gasteiger partial charge is 0.416 e. The Morgan fingerprint density at radius 3 is 2.67 bits per heavy atom. The molecule has 2 rings (SSSR count). The van der Waals surface area contributed by atoms with Crippen molar-refractivity contribution in [2.45, 2.75) is 25.1 Å². The van der Waals surface area contributed by atoms with Gasteiger partial charge in [0.1, 0.15) is 0 Å². The molecule has 1 aliphatic carbocycles. The molecule has 2 nitrogen and oxygen atoms in total. The van der Waals surface area contributed by atoms with E-state index in [4.69, 9.17) is 0 Å². The van der Waals surface area contributed by atoms with E-state index in [-0.39, 0.29) is 11.9 Å². The lowest BCUT2D eigenvalue weighted by atomic mass is 10.1. The second-order valence-electron chi connectivity index (χ2n) is 4.24. The van der Waals surface area contributed by atoms with Gasteiger partial charge in [0, 0.05) is 12.1 Å². The highest BCUT2D eigenvalue weighted by Crippen LogP contribution is 2.29. The maximum absolute atomic E-state index is 12.4. The molecule has 18 heavy (non-hydrogen) atoms. The lowest BCUT2D eigenvalue weighted by molar-refractivity contribution is -0.137. The zero-order valence-electron chi connectivity index (χ0n) is 9.50. The van der Waals surface area contributed by atoms with E-state index in [0.29, 0.717) is 5.56 Å². The number of alkyl halides is 3. The fraction of sp³-hybridized carbons (Fsp3) is 0.308. The summed E-state index contributed by atoms with van der Waals surface area (Å²) in [7, 11) is 0. The average Bonchev–Trinajstić information content (AvgIpc) is 3.10. The minimum absolute atomic E-state index is 0.239. The smallest absolute Gasteiger partial charge is 0.350 e. The molecule has 1 amide bonds. The first kappa shape index (κ1) is 12.7. The van der Waals surface area contributed by atoms with E-state index in [2.05, 4.69) is 5.32 Å². The van der Waals surface area contributed by atoms with Crippen molar-refractivity contribution in [3.8, 4) is 0 Å². The molecule has 96 valence electrons. The first-order chi connectivity index (χ1) is 8.45. The summed E-state index contributed by atoms with van der Waals surface area (Å²) in [4.78, 5) is 11.3. The van der Waals surface area contributed by atoms with E-state index in [9.17, 15) is 18.0 Å². The Morgan fingerprint density at radius 2 is 2.06 bits per heavy atom. The predicted octanol–water partition coefficient (Wildman–Crippen LogP) is 3.00. The van der Waals surface area contributed by atoms with Crippen LogP contribution in [0.3, 0.4) is 0 Å². The van der Waals surface area contributed by atoms with Crippen LogP contribution in [0.2, 0.25) is 0 Å². The van der Waals surface area contributed by atoms with Crippen LogP contribution in [-0.2, 0) is 11.0 Å².